The zero-order valence-corrected chi connectivity index (χ0v) is 15.6. The lowest BCUT2D eigenvalue weighted by Crippen LogP contribution is -2.30. The Morgan fingerprint density at radius 1 is 1.12 bits per heavy atom. The van der Waals surface area contributed by atoms with E-state index in [9.17, 15) is 16.8 Å². The molecule has 0 bridgehead atoms. The fourth-order valence-electron chi connectivity index (χ4n) is 2.54. The fraction of sp³-hybridized carbons (Fsp3) is 0.400. The Hall–Kier alpha value is -1.87. The highest BCUT2D eigenvalue weighted by atomic mass is 32.3. The SMILES string of the molecule is CCN(CC)C1=NS(=O)(=O)C(S(C)(=O)=O)=C1c1ccc(OC)cc1. The van der Waals surface area contributed by atoms with Gasteiger partial charge in [-0.05, 0) is 31.5 Å². The zero-order valence-electron chi connectivity index (χ0n) is 14.0. The van der Waals surface area contributed by atoms with Gasteiger partial charge in [0.1, 0.15) is 5.75 Å². The predicted octanol–water partition coefficient (Wildman–Crippen LogP) is 1.49. The highest BCUT2D eigenvalue weighted by molar-refractivity contribution is 8.14. The van der Waals surface area contributed by atoms with Crippen LogP contribution in [0.3, 0.4) is 0 Å². The van der Waals surface area contributed by atoms with Crippen LogP contribution in [0.2, 0.25) is 0 Å². The van der Waals surface area contributed by atoms with E-state index in [1.54, 1.807) is 29.2 Å². The molecular weight excluding hydrogens is 352 g/mol. The molecule has 0 saturated heterocycles. The number of sulfone groups is 1. The van der Waals surface area contributed by atoms with Gasteiger partial charge in [-0.25, -0.2) is 8.42 Å². The third kappa shape index (κ3) is 3.32. The Kier molecular flexibility index (Phi) is 5.05. The van der Waals surface area contributed by atoms with Crippen LogP contribution in [0.1, 0.15) is 19.4 Å². The van der Waals surface area contributed by atoms with Crippen LogP contribution >= 0.6 is 0 Å². The summed E-state index contributed by atoms with van der Waals surface area (Å²) < 4.78 is 57.2. The number of likely N-dealkylation sites (N-methyl/N-ethyl adjacent to an activating group) is 1. The molecule has 0 aliphatic carbocycles. The molecule has 1 aliphatic rings. The van der Waals surface area contributed by atoms with Crippen molar-refractivity contribution < 1.29 is 21.6 Å². The molecule has 1 heterocycles. The molecule has 2 rings (SSSR count). The zero-order chi connectivity index (χ0) is 18.1. The van der Waals surface area contributed by atoms with Gasteiger partial charge in [-0.15, -0.1) is 4.40 Å². The standard InChI is InChI=1S/C15H20N2O5S2/c1-5-17(6-2)14-13(11-7-9-12(22-3)10-8-11)15(23(4,18)19)24(20,21)16-14/h7-10H,5-6H2,1-4H3. The number of rotatable bonds is 5. The first-order valence-corrected chi connectivity index (χ1v) is 10.7. The van der Waals surface area contributed by atoms with Crippen molar-refractivity contribution >= 4 is 31.3 Å². The van der Waals surface area contributed by atoms with Crippen molar-refractivity contribution in [2.75, 3.05) is 26.5 Å². The Morgan fingerprint density at radius 3 is 2.08 bits per heavy atom. The Bertz CT molecular complexity index is 894. The van der Waals surface area contributed by atoms with Crippen molar-refractivity contribution in [2.45, 2.75) is 13.8 Å². The van der Waals surface area contributed by atoms with E-state index in [0.717, 1.165) is 6.26 Å². The number of methoxy groups -OCH3 is 1. The van der Waals surface area contributed by atoms with Gasteiger partial charge < -0.3 is 9.64 Å². The Labute approximate surface area is 142 Å². The molecule has 24 heavy (non-hydrogen) atoms. The monoisotopic (exact) mass is 372 g/mol. The van der Waals surface area contributed by atoms with Gasteiger partial charge in [0.2, 0.25) is 0 Å². The van der Waals surface area contributed by atoms with Crippen LogP contribution in [-0.4, -0.2) is 54.0 Å². The second kappa shape index (κ2) is 6.56. The van der Waals surface area contributed by atoms with Gasteiger partial charge >= 0.3 is 0 Å². The largest absolute Gasteiger partial charge is 0.497 e. The topological polar surface area (TPSA) is 93.1 Å². The molecule has 0 aromatic heterocycles. The van der Waals surface area contributed by atoms with Gasteiger partial charge in [-0.1, -0.05) is 12.1 Å². The maximum absolute atomic E-state index is 12.4. The number of amidine groups is 1. The molecule has 1 aliphatic heterocycles. The highest BCUT2D eigenvalue weighted by Gasteiger charge is 2.40. The minimum absolute atomic E-state index is 0.115. The first-order chi connectivity index (χ1) is 11.2. The third-order valence-corrected chi connectivity index (χ3v) is 7.15. The Morgan fingerprint density at radius 2 is 1.67 bits per heavy atom. The number of benzene rings is 1. The lowest BCUT2D eigenvalue weighted by molar-refractivity contribution is 0.415. The van der Waals surface area contributed by atoms with Crippen molar-refractivity contribution in [3.05, 3.63) is 34.1 Å². The van der Waals surface area contributed by atoms with Gasteiger partial charge in [0.05, 0.1) is 12.7 Å². The number of sulfonamides is 1. The smallest absolute Gasteiger partial charge is 0.296 e. The maximum atomic E-state index is 12.4. The van der Waals surface area contributed by atoms with Gasteiger partial charge in [0, 0.05) is 19.3 Å². The van der Waals surface area contributed by atoms with E-state index < -0.39 is 24.1 Å². The first-order valence-electron chi connectivity index (χ1n) is 7.34. The first kappa shape index (κ1) is 18.5. The van der Waals surface area contributed by atoms with Crippen molar-refractivity contribution in [1.82, 2.24) is 4.90 Å². The summed E-state index contributed by atoms with van der Waals surface area (Å²) in [5, 5.41) is 0. The van der Waals surface area contributed by atoms with Crippen LogP contribution in [0.5, 0.6) is 5.75 Å². The van der Waals surface area contributed by atoms with Crippen molar-refractivity contribution in [3.8, 4) is 5.75 Å². The van der Waals surface area contributed by atoms with E-state index in [2.05, 4.69) is 4.40 Å². The molecule has 0 amide bonds. The summed E-state index contributed by atoms with van der Waals surface area (Å²) >= 11 is 0. The summed E-state index contributed by atoms with van der Waals surface area (Å²) in [4.78, 5) is 1.72. The summed E-state index contributed by atoms with van der Waals surface area (Å²) in [5.74, 6) is 0.744. The summed E-state index contributed by atoms with van der Waals surface area (Å²) in [5.41, 5.74) is 0.576. The van der Waals surface area contributed by atoms with Crippen molar-refractivity contribution in [1.29, 1.82) is 0 Å². The van der Waals surface area contributed by atoms with Crippen LogP contribution < -0.4 is 4.74 Å². The number of hydrogen-bond acceptors (Lipinski definition) is 6. The molecule has 132 valence electrons. The molecular formula is C15H20N2O5S2. The predicted molar refractivity (Wildman–Crippen MR) is 94.0 cm³/mol. The average molecular weight is 372 g/mol. The van der Waals surface area contributed by atoms with Crippen LogP contribution in [0.25, 0.3) is 5.57 Å². The van der Waals surface area contributed by atoms with E-state index in [4.69, 9.17) is 4.74 Å². The third-order valence-electron chi connectivity index (χ3n) is 3.65. The van der Waals surface area contributed by atoms with Crippen LogP contribution in [0.4, 0.5) is 0 Å². The molecule has 0 unspecified atom stereocenters. The van der Waals surface area contributed by atoms with Crippen molar-refractivity contribution in [3.63, 3.8) is 0 Å². The van der Waals surface area contributed by atoms with E-state index in [0.29, 0.717) is 24.4 Å². The summed E-state index contributed by atoms with van der Waals surface area (Å²) in [6.45, 7) is 4.70. The summed E-state index contributed by atoms with van der Waals surface area (Å²) in [7, 11) is -6.74. The molecule has 0 fully saturated rings. The molecule has 0 saturated carbocycles. The fourth-order valence-corrected chi connectivity index (χ4v) is 5.75. The van der Waals surface area contributed by atoms with Gasteiger partial charge in [-0.2, -0.15) is 8.42 Å². The lowest BCUT2D eigenvalue weighted by atomic mass is 10.1. The minimum Gasteiger partial charge on any atom is -0.497 e. The van der Waals surface area contributed by atoms with E-state index in [1.165, 1.54) is 7.11 Å². The van der Waals surface area contributed by atoms with Crippen LogP contribution in [0.15, 0.2) is 32.9 Å². The Balaban J connectivity index is 2.80. The highest BCUT2D eigenvalue weighted by Crippen LogP contribution is 2.36. The van der Waals surface area contributed by atoms with E-state index in [1.807, 2.05) is 13.8 Å². The maximum Gasteiger partial charge on any atom is 0.296 e. The normalized spacial score (nSPS) is 16.9. The van der Waals surface area contributed by atoms with Gasteiger partial charge in [-0.3, -0.25) is 0 Å². The minimum atomic E-state index is -4.27. The average Bonchev–Trinajstić information content (AvgIpc) is 2.80. The summed E-state index contributed by atoms with van der Waals surface area (Å²) in [6, 6.07) is 6.54. The van der Waals surface area contributed by atoms with Gasteiger partial charge in [0.15, 0.2) is 19.9 Å². The molecule has 9 heteroatoms. The number of hydrogen-bond donors (Lipinski definition) is 0. The second-order valence-corrected chi connectivity index (χ2v) is 8.98. The molecule has 0 atom stereocenters. The quantitative estimate of drug-likeness (QED) is 0.777. The molecule has 1 aromatic carbocycles. The molecule has 0 N–H and O–H groups in total. The van der Waals surface area contributed by atoms with E-state index >= 15 is 0 Å². The lowest BCUT2D eigenvalue weighted by Gasteiger charge is -2.22. The molecule has 1 aromatic rings. The molecule has 0 spiro atoms. The van der Waals surface area contributed by atoms with Crippen LogP contribution in [-0.2, 0) is 19.9 Å². The molecule has 0 radical (unpaired) electrons. The van der Waals surface area contributed by atoms with Crippen LogP contribution in [0, 0.1) is 0 Å². The molecule has 7 nitrogen and oxygen atoms in total. The van der Waals surface area contributed by atoms with E-state index in [-0.39, 0.29) is 11.4 Å². The van der Waals surface area contributed by atoms with Crippen molar-refractivity contribution in [2.24, 2.45) is 4.40 Å². The van der Waals surface area contributed by atoms with Gasteiger partial charge in [0.25, 0.3) is 10.0 Å². The number of ether oxygens (including phenoxy) is 1. The number of nitrogens with zero attached hydrogens (tertiary/aromatic N) is 2. The second-order valence-electron chi connectivity index (χ2n) is 5.23. The summed E-state index contributed by atoms with van der Waals surface area (Å²) in [6.07, 6.45) is 0.879.